The van der Waals surface area contributed by atoms with Crippen LogP contribution in [0.2, 0.25) is 0 Å². The van der Waals surface area contributed by atoms with Crippen molar-refractivity contribution in [2.45, 2.75) is 20.8 Å². The number of nitrogens with zero attached hydrogens (tertiary/aromatic N) is 4. The van der Waals surface area contributed by atoms with Crippen LogP contribution in [0.15, 0.2) is 55.1 Å². The summed E-state index contributed by atoms with van der Waals surface area (Å²) in [7, 11) is 2.12. The second-order valence-electron chi connectivity index (χ2n) is 6.77. The van der Waals surface area contributed by atoms with Gasteiger partial charge in [-0.1, -0.05) is 11.6 Å². The average molecular weight is 341 g/mol. The van der Waals surface area contributed by atoms with E-state index in [1.54, 1.807) is 0 Å². The van der Waals surface area contributed by atoms with Crippen molar-refractivity contribution in [3.8, 4) is 22.6 Å². The first-order chi connectivity index (χ1) is 12.5. The summed E-state index contributed by atoms with van der Waals surface area (Å²) in [5, 5.41) is 1.16. The summed E-state index contributed by atoms with van der Waals surface area (Å²) in [6.07, 6.45) is 3.05. The van der Waals surface area contributed by atoms with Gasteiger partial charge in [-0.2, -0.15) is 4.57 Å². The number of rotatable bonds is 2. The van der Waals surface area contributed by atoms with Crippen LogP contribution >= 0.6 is 0 Å². The summed E-state index contributed by atoms with van der Waals surface area (Å²) in [6.45, 7) is 6.52. The standard InChI is InChI=1S/C22H21N4/c1-14-9-15(2)16(3)19(10-14)21-8-5-17-11-18(6-7-20(17)26(21)4)22-24-12-23-13-25-22/h5-13H,1-4H3/q+1. The summed E-state index contributed by atoms with van der Waals surface area (Å²) >= 11 is 0. The second kappa shape index (κ2) is 6.30. The van der Waals surface area contributed by atoms with Gasteiger partial charge in [0.15, 0.2) is 5.82 Å². The molecule has 128 valence electrons. The molecule has 0 N–H and O–H groups in total. The fourth-order valence-corrected chi connectivity index (χ4v) is 3.51. The minimum Gasteiger partial charge on any atom is -0.225 e. The van der Waals surface area contributed by atoms with Crippen LogP contribution in [0.1, 0.15) is 16.7 Å². The zero-order valence-electron chi connectivity index (χ0n) is 15.5. The van der Waals surface area contributed by atoms with Gasteiger partial charge in [-0.15, -0.1) is 0 Å². The lowest BCUT2D eigenvalue weighted by Crippen LogP contribution is -2.32. The molecule has 0 saturated heterocycles. The van der Waals surface area contributed by atoms with E-state index in [0.29, 0.717) is 5.82 Å². The van der Waals surface area contributed by atoms with E-state index >= 15 is 0 Å². The molecule has 2 aromatic carbocycles. The number of aryl methyl sites for hydroxylation is 3. The monoisotopic (exact) mass is 341 g/mol. The number of pyridine rings is 1. The van der Waals surface area contributed by atoms with Crippen molar-refractivity contribution in [1.29, 1.82) is 0 Å². The maximum Gasteiger partial charge on any atom is 0.213 e. The van der Waals surface area contributed by atoms with E-state index < -0.39 is 0 Å². The Kier molecular flexibility index (Phi) is 3.96. The molecular formula is C22H21N4+. The molecule has 26 heavy (non-hydrogen) atoms. The van der Waals surface area contributed by atoms with Gasteiger partial charge < -0.3 is 0 Å². The molecule has 0 radical (unpaired) electrons. The van der Waals surface area contributed by atoms with E-state index in [1.807, 2.05) is 0 Å². The van der Waals surface area contributed by atoms with Gasteiger partial charge in [-0.3, -0.25) is 0 Å². The lowest BCUT2D eigenvalue weighted by molar-refractivity contribution is -0.633. The van der Waals surface area contributed by atoms with Crippen LogP contribution in [0, 0.1) is 20.8 Å². The van der Waals surface area contributed by atoms with Crippen LogP contribution in [0.3, 0.4) is 0 Å². The van der Waals surface area contributed by atoms with Crippen molar-refractivity contribution in [2.24, 2.45) is 7.05 Å². The first kappa shape index (κ1) is 16.3. The topological polar surface area (TPSA) is 42.6 Å². The molecule has 4 nitrogen and oxygen atoms in total. The third-order valence-corrected chi connectivity index (χ3v) is 5.01. The largest absolute Gasteiger partial charge is 0.225 e. The van der Waals surface area contributed by atoms with Crippen molar-refractivity contribution >= 4 is 10.9 Å². The van der Waals surface area contributed by atoms with Crippen molar-refractivity contribution < 1.29 is 4.57 Å². The van der Waals surface area contributed by atoms with Crippen LogP contribution in [0.25, 0.3) is 33.5 Å². The highest BCUT2D eigenvalue weighted by Gasteiger charge is 2.17. The Hall–Kier alpha value is -3.14. The fourth-order valence-electron chi connectivity index (χ4n) is 3.51. The summed E-state index contributed by atoms with van der Waals surface area (Å²) < 4.78 is 2.26. The highest BCUT2D eigenvalue weighted by Crippen LogP contribution is 2.27. The van der Waals surface area contributed by atoms with Gasteiger partial charge in [0.2, 0.25) is 11.2 Å². The normalized spacial score (nSPS) is 11.1. The first-order valence-electron chi connectivity index (χ1n) is 8.68. The van der Waals surface area contributed by atoms with Gasteiger partial charge in [0.1, 0.15) is 19.7 Å². The molecule has 0 aliphatic heterocycles. The van der Waals surface area contributed by atoms with Crippen LogP contribution in [0.4, 0.5) is 0 Å². The number of benzene rings is 2. The third-order valence-electron chi connectivity index (χ3n) is 5.01. The maximum absolute atomic E-state index is 4.25. The highest BCUT2D eigenvalue weighted by molar-refractivity contribution is 5.82. The van der Waals surface area contributed by atoms with Crippen LogP contribution in [-0.4, -0.2) is 15.0 Å². The van der Waals surface area contributed by atoms with Crippen molar-refractivity contribution in [1.82, 2.24) is 15.0 Å². The van der Waals surface area contributed by atoms with Gasteiger partial charge in [-0.25, -0.2) is 15.0 Å². The Labute approximate surface area is 153 Å². The van der Waals surface area contributed by atoms with Crippen LogP contribution in [0.5, 0.6) is 0 Å². The average Bonchev–Trinajstić information content (AvgIpc) is 2.66. The molecule has 4 aromatic rings. The van der Waals surface area contributed by atoms with Crippen LogP contribution in [-0.2, 0) is 7.05 Å². The number of fused-ring (bicyclic) bond motifs is 1. The van der Waals surface area contributed by atoms with Crippen molar-refractivity contribution in [3.05, 3.63) is 71.8 Å². The molecule has 2 aromatic heterocycles. The van der Waals surface area contributed by atoms with Gasteiger partial charge in [-0.05, 0) is 56.2 Å². The lowest BCUT2D eigenvalue weighted by Gasteiger charge is -2.10. The van der Waals surface area contributed by atoms with E-state index in [4.69, 9.17) is 0 Å². The zero-order chi connectivity index (χ0) is 18.3. The Balaban J connectivity index is 1.89. The summed E-state index contributed by atoms with van der Waals surface area (Å²) in [4.78, 5) is 12.4. The van der Waals surface area contributed by atoms with E-state index in [-0.39, 0.29) is 0 Å². The lowest BCUT2D eigenvalue weighted by atomic mass is 9.96. The summed E-state index contributed by atoms with van der Waals surface area (Å²) in [6, 6.07) is 15.2. The molecule has 4 heteroatoms. The Morgan fingerprint density at radius 2 is 1.62 bits per heavy atom. The van der Waals surface area contributed by atoms with E-state index in [1.165, 1.54) is 46.1 Å². The van der Waals surface area contributed by atoms with Gasteiger partial charge >= 0.3 is 0 Å². The first-order valence-corrected chi connectivity index (χ1v) is 8.68. The van der Waals surface area contributed by atoms with Crippen LogP contribution < -0.4 is 4.57 Å². The van der Waals surface area contributed by atoms with E-state index in [9.17, 15) is 0 Å². The van der Waals surface area contributed by atoms with E-state index in [2.05, 4.69) is 89.8 Å². The quantitative estimate of drug-likeness (QED) is 0.515. The molecule has 0 unspecified atom stereocenters. The van der Waals surface area contributed by atoms with Gasteiger partial charge in [0.05, 0.1) is 0 Å². The Morgan fingerprint density at radius 1 is 0.846 bits per heavy atom. The minimum atomic E-state index is 0.693. The number of hydrogen-bond donors (Lipinski definition) is 0. The molecule has 0 bridgehead atoms. The van der Waals surface area contributed by atoms with Gasteiger partial charge in [0.25, 0.3) is 0 Å². The minimum absolute atomic E-state index is 0.693. The second-order valence-corrected chi connectivity index (χ2v) is 6.77. The molecule has 0 fully saturated rings. The predicted molar refractivity (Wildman–Crippen MR) is 104 cm³/mol. The number of hydrogen-bond acceptors (Lipinski definition) is 3. The van der Waals surface area contributed by atoms with Gasteiger partial charge in [0, 0.05) is 28.6 Å². The smallest absolute Gasteiger partial charge is 0.213 e. The maximum atomic E-state index is 4.25. The molecule has 4 rings (SSSR count). The zero-order valence-corrected chi connectivity index (χ0v) is 15.5. The molecule has 0 aliphatic rings. The summed E-state index contributed by atoms with van der Waals surface area (Å²) in [5.41, 5.74) is 8.61. The number of aromatic nitrogens is 4. The molecule has 2 heterocycles. The SMILES string of the molecule is Cc1cc(C)c(C)c(-c2ccc3cc(-c4ncncn4)ccc3[n+]2C)c1. The predicted octanol–water partition coefficient (Wildman–Crippen LogP) is 4.11. The molecule has 0 amide bonds. The summed E-state index contributed by atoms with van der Waals surface area (Å²) in [5.74, 6) is 0.693. The third kappa shape index (κ3) is 2.73. The molecule has 0 atom stereocenters. The molecular weight excluding hydrogens is 320 g/mol. The van der Waals surface area contributed by atoms with E-state index in [0.717, 1.165) is 10.9 Å². The highest BCUT2D eigenvalue weighted by atomic mass is 15.0. The Morgan fingerprint density at radius 3 is 2.38 bits per heavy atom. The molecule has 0 aliphatic carbocycles. The Bertz CT molecular complexity index is 1120. The fraction of sp³-hybridized carbons (Fsp3) is 0.182. The molecule has 0 spiro atoms. The van der Waals surface area contributed by atoms with Crippen molar-refractivity contribution in [2.75, 3.05) is 0 Å². The van der Waals surface area contributed by atoms with Crippen molar-refractivity contribution in [3.63, 3.8) is 0 Å². The molecule has 0 saturated carbocycles.